The molecule has 0 spiro atoms. The van der Waals surface area contributed by atoms with Crippen molar-refractivity contribution in [1.82, 2.24) is 0 Å². The van der Waals surface area contributed by atoms with Crippen LogP contribution in [0.4, 0.5) is 8.78 Å². The van der Waals surface area contributed by atoms with Crippen LogP contribution in [0.5, 0.6) is 0 Å². The topological polar surface area (TPSA) is 81.8 Å². The van der Waals surface area contributed by atoms with Crippen molar-refractivity contribution >= 4 is 15.7 Å². The average Bonchev–Trinajstić information content (AvgIpc) is 2.76. The number of ether oxygens (including phenoxy) is 1. The third-order valence-corrected chi connectivity index (χ3v) is 9.05. The maximum absolute atomic E-state index is 14.5. The van der Waals surface area contributed by atoms with E-state index in [4.69, 9.17) is 10.5 Å². The van der Waals surface area contributed by atoms with Crippen LogP contribution in [0.1, 0.15) is 37.8 Å². The third-order valence-electron chi connectivity index (χ3n) is 6.40. The number of rotatable bonds is 5. The van der Waals surface area contributed by atoms with E-state index in [9.17, 15) is 17.2 Å². The number of benzene rings is 2. The highest BCUT2D eigenvalue weighted by molar-refractivity contribution is 7.94. The van der Waals surface area contributed by atoms with E-state index in [1.165, 1.54) is 19.9 Å². The molecule has 0 fully saturated rings. The van der Waals surface area contributed by atoms with Gasteiger partial charge in [0.25, 0.3) is 0 Å². The normalized spacial score (nSPS) is 26.7. The first-order chi connectivity index (χ1) is 15.5. The number of nitrogens with two attached hydrogens (primary N) is 1. The quantitative estimate of drug-likeness (QED) is 0.693. The van der Waals surface area contributed by atoms with Crippen LogP contribution in [0.15, 0.2) is 77.0 Å². The summed E-state index contributed by atoms with van der Waals surface area (Å²) in [6, 6.07) is 12.7. The summed E-state index contributed by atoms with van der Waals surface area (Å²) in [7, 11) is -3.91. The maximum atomic E-state index is 14.5. The second-order valence-corrected chi connectivity index (χ2v) is 11.1. The lowest BCUT2D eigenvalue weighted by Crippen LogP contribution is -2.57. The van der Waals surface area contributed by atoms with E-state index in [1.54, 1.807) is 6.08 Å². The molecule has 0 bridgehead atoms. The predicted molar refractivity (Wildman–Crippen MR) is 124 cm³/mol. The van der Waals surface area contributed by atoms with Gasteiger partial charge in [-0.3, -0.25) is 4.99 Å². The van der Waals surface area contributed by atoms with Gasteiger partial charge >= 0.3 is 0 Å². The van der Waals surface area contributed by atoms with Crippen LogP contribution in [-0.2, 0) is 26.7 Å². The molecule has 0 saturated carbocycles. The molecule has 0 saturated heterocycles. The fourth-order valence-corrected chi connectivity index (χ4v) is 6.57. The number of aliphatic imine (C=N–C) groups is 1. The molecule has 2 aromatic rings. The summed E-state index contributed by atoms with van der Waals surface area (Å²) >= 11 is 0. The molecule has 1 heterocycles. The van der Waals surface area contributed by atoms with Crippen LogP contribution in [0.2, 0.25) is 0 Å². The highest BCUT2D eigenvalue weighted by atomic mass is 32.2. The largest absolute Gasteiger partial charge is 0.489 e. The Morgan fingerprint density at radius 3 is 2.52 bits per heavy atom. The van der Waals surface area contributed by atoms with Crippen LogP contribution in [0.3, 0.4) is 0 Å². The molecule has 2 atom stereocenters. The molecule has 0 radical (unpaired) electrons. The van der Waals surface area contributed by atoms with Crippen LogP contribution >= 0.6 is 0 Å². The van der Waals surface area contributed by atoms with E-state index in [-0.39, 0.29) is 11.4 Å². The van der Waals surface area contributed by atoms with Crippen molar-refractivity contribution in [3.63, 3.8) is 0 Å². The van der Waals surface area contributed by atoms with Crippen molar-refractivity contribution in [1.29, 1.82) is 0 Å². The predicted octanol–water partition coefficient (Wildman–Crippen LogP) is 4.55. The zero-order chi connectivity index (χ0) is 23.9. The van der Waals surface area contributed by atoms with Crippen LogP contribution in [0.25, 0.3) is 0 Å². The Morgan fingerprint density at radius 2 is 1.85 bits per heavy atom. The summed E-state index contributed by atoms with van der Waals surface area (Å²) in [5, 5.41) is 0. The zero-order valence-electron chi connectivity index (χ0n) is 18.5. The first kappa shape index (κ1) is 23.2. The molecule has 4 rings (SSSR count). The molecule has 5 nitrogen and oxygen atoms in total. The number of hydrogen-bond acceptors (Lipinski definition) is 5. The summed E-state index contributed by atoms with van der Waals surface area (Å²) in [5.41, 5.74) is 6.40. The van der Waals surface area contributed by atoms with E-state index in [0.29, 0.717) is 30.8 Å². The Kier molecular flexibility index (Phi) is 5.90. The molecule has 2 aromatic carbocycles. The van der Waals surface area contributed by atoms with Crippen molar-refractivity contribution in [2.75, 3.05) is 5.75 Å². The summed E-state index contributed by atoms with van der Waals surface area (Å²) in [5.74, 6) is -1.61. The molecule has 0 unspecified atom stereocenters. The highest BCUT2D eigenvalue weighted by Gasteiger charge is 2.54. The molecule has 174 valence electrons. The van der Waals surface area contributed by atoms with Crippen LogP contribution in [-0.4, -0.2) is 24.8 Å². The average molecular weight is 473 g/mol. The van der Waals surface area contributed by atoms with Gasteiger partial charge in [0, 0.05) is 11.6 Å². The standard InChI is InChI=1S/C25H26F2N2O3S/c1-24(21-12-11-19(26)14-22(21)27)16-33(30,31)25(2,23(28)29-24)18-9-6-10-20(13-18)32-15-17-7-4-3-5-8-17/h3-5,7-8,10-14H,6,9,15-16H2,1-2H3,(H2,28,29)/t24-,25-/m0/s1. The van der Waals surface area contributed by atoms with Gasteiger partial charge in [-0.1, -0.05) is 36.4 Å². The lowest BCUT2D eigenvalue weighted by Gasteiger charge is -2.41. The fraction of sp³-hybridized carbons (Fsp3) is 0.320. The highest BCUT2D eigenvalue weighted by Crippen LogP contribution is 2.43. The van der Waals surface area contributed by atoms with Gasteiger partial charge in [-0.05, 0) is 56.0 Å². The number of amidine groups is 1. The van der Waals surface area contributed by atoms with Crippen LogP contribution < -0.4 is 5.73 Å². The van der Waals surface area contributed by atoms with Crippen molar-refractivity contribution < 1.29 is 21.9 Å². The Balaban J connectivity index is 1.68. The van der Waals surface area contributed by atoms with Crippen molar-refractivity contribution in [3.05, 3.63) is 94.8 Å². The van der Waals surface area contributed by atoms with E-state index in [2.05, 4.69) is 4.99 Å². The minimum absolute atomic E-state index is 0.0121. The second kappa shape index (κ2) is 8.41. The Morgan fingerprint density at radius 1 is 1.12 bits per heavy atom. The minimum atomic E-state index is -3.91. The molecule has 2 aliphatic rings. The number of allylic oxidation sites excluding steroid dienone is 2. The zero-order valence-corrected chi connectivity index (χ0v) is 19.3. The maximum Gasteiger partial charge on any atom is 0.169 e. The van der Waals surface area contributed by atoms with Gasteiger partial charge in [-0.15, -0.1) is 0 Å². The van der Waals surface area contributed by atoms with Gasteiger partial charge in [0.1, 0.15) is 40.1 Å². The van der Waals surface area contributed by atoms with Gasteiger partial charge < -0.3 is 10.5 Å². The first-order valence-electron chi connectivity index (χ1n) is 10.7. The molecule has 1 aliphatic heterocycles. The fourth-order valence-electron chi connectivity index (χ4n) is 4.40. The van der Waals surface area contributed by atoms with Gasteiger partial charge in [-0.25, -0.2) is 17.2 Å². The molecular weight excluding hydrogens is 446 g/mol. The molecule has 0 amide bonds. The Labute approximate surface area is 192 Å². The van der Waals surface area contributed by atoms with Crippen molar-refractivity contribution in [3.8, 4) is 0 Å². The number of halogens is 2. The number of hydrogen-bond donors (Lipinski definition) is 1. The van der Waals surface area contributed by atoms with E-state index < -0.39 is 37.5 Å². The second-order valence-electron chi connectivity index (χ2n) is 8.78. The molecule has 2 N–H and O–H groups in total. The summed E-state index contributed by atoms with van der Waals surface area (Å²) in [6.07, 6.45) is 4.70. The molecule has 1 aliphatic carbocycles. The Hall–Kier alpha value is -3.00. The first-order valence-corrected chi connectivity index (χ1v) is 12.3. The van der Waals surface area contributed by atoms with E-state index >= 15 is 0 Å². The minimum Gasteiger partial charge on any atom is -0.489 e. The lowest BCUT2D eigenvalue weighted by molar-refractivity contribution is 0.208. The van der Waals surface area contributed by atoms with Crippen LogP contribution in [0, 0.1) is 11.6 Å². The smallest absolute Gasteiger partial charge is 0.169 e. The van der Waals surface area contributed by atoms with Gasteiger partial charge in [0.15, 0.2) is 9.84 Å². The number of sulfone groups is 1. The van der Waals surface area contributed by atoms with E-state index in [1.807, 2.05) is 36.4 Å². The Bertz CT molecular complexity index is 1270. The molecule has 8 heteroatoms. The number of nitrogens with zero attached hydrogens (tertiary/aromatic N) is 1. The van der Waals surface area contributed by atoms with Crippen molar-refractivity contribution in [2.24, 2.45) is 10.7 Å². The summed E-state index contributed by atoms with van der Waals surface area (Å²) < 4.78 is 59.5. The summed E-state index contributed by atoms with van der Waals surface area (Å²) in [4.78, 5) is 4.47. The monoisotopic (exact) mass is 472 g/mol. The van der Waals surface area contributed by atoms with Gasteiger partial charge in [-0.2, -0.15) is 0 Å². The molecule has 33 heavy (non-hydrogen) atoms. The summed E-state index contributed by atoms with van der Waals surface area (Å²) in [6.45, 7) is 3.38. The van der Waals surface area contributed by atoms with Gasteiger partial charge in [0.05, 0.1) is 5.75 Å². The third kappa shape index (κ3) is 4.19. The molecular formula is C25H26F2N2O3S. The van der Waals surface area contributed by atoms with Crippen molar-refractivity contribution in [2.45, 2.75) is 43.6 Å². The van der Waals surface area contributed by atoms with Gasteiger partial charge in [0.2, 0.25) is 0 Å². The molecule has 0 aromatic heterocycles. The van der Waals surface area contributed by atoms with E-state index in [0.717, 1.165) is 17.7 Å². The SMILES string of the molecule is C[C@]1(C2=CC(OCc3ccccc3)=CCC2)C(N)=N[C@](C)(c2ccc(F)cc2F)CS1(=O)=O. The lowest BCUT2D eigenvalue weighted by atomic mass is 9.88.